The highest BCUT2D eigenvalue weighted by molar-refractivity contribution is 7.89. The summed E-state index contributed by atoms with van der Waals surface area (Å²) in [6.07, 6.45) is 3.09. The SMILES string of the molecule is CCS(=O)(=O)N1CCC2(CN(C(=O)N3CCCC3)C2)C1. The van der Waals surface area contributed by atoms with E-state index in [9.17, 15) is 13.2 Å². The second-order valence-electron chi connectivity index (χ2n) is 6.32. The van der Waals surface area contributed by atoms with Crippen molar-refractivity contribution in [3.63, 3.8) is 0 Å². The smallest absolute Gasteiger partial charge is 0.320 e. The number of amides is 2. The fourth-order valence-corrected chi connectivity index (χ4v) is 4.78. The fourth-order valence-electron chi connectivity index (χ4n) is 3.58. The van der Waals surface area contributed by atoms with Gasteiger partial charge in [0.2, 0.25) is 10.0 Å². The van der Waals surface area contributed by atoms with Gasteiger partial charge in [0, 0.05) is 44.7 Å². The van der Waals surface area contributed by atoms with Crippen molar-refractivity contribution in [3.8, 4) is 0 Å². The predicted octanol–water partition coefficient (Wildman–Crippen LogP) is 0.560. The van der Waals surface area contributed by atoms with Crippen LogP contribution >= 0.6 is 0 Å². The van der Waals surface area contributed by atoms with Crippen LogP contribution in [0.4, 0.5) is 4.79 Å². The Morgan fingerprint density at radius 3 is 2.30 bits per heavy atom. The topological polar surface area (TPSA) is 60.9 Å². The van der Waals surface area contributed by atoms with Gasteiger partial charge < -0.3 is 9.80 Å². The number of carbonyl (C=O) groups is 1. The molecule has 0 aromatic carbocycles. The van der Waals surface area contributed by atoms with Crippen molar-refractivity contribution in [2.75, 3.05) is 45.0 Å². The molecule has 114 valence electrons. The van der Waals surface area contributed by atoms with E-state index in [1.165, 1.54) is 0 Å². The monoisotopic (exact) mass is 301 g/mol. The number of hydrogen-bond acceptors (Lipinski definition) is 3. The number of likely N-dealkylation sites (tertiary alicyclic amines) is 2. The van der Waals surface area contributed by atoms with Crippen molar-refractivity contribution in [1.82, 2.24) is 14.1 Å². The first-order valence-electron chi connectivity index (χ1n) is 7.47. The molecular formula is C13H23N3O3S. The average molecular weight is 301 g/mol. The largest absolute Gasteiger partial charge is 0.325 e. The maximum absolute atomic E-state index is 12.2. The van der Waals surface area contributed by atoms with E-state index in [4.69, 9.17) is 0 Å². The highest BCUT2D eigenvalue weighted by Gasteiger charge is 2.51. The van der Waals surface area contributed by atoms with Gasteiger partial charge >= 0.3 is 6.03 Å². The molecule has 2 amide bonds. The molecule has 3 fully saturated rings. The highest BCUT2D eigenvalue weighted by atomic mass is 32.2. The Hall–Kier alpha value is -0.820. The molecule has 1 spiro atoms. The molecule has 7 heteroatoms. The van der Waals surface area contributed by atoms with Crippen LogP contribution in [-0.2, 0) is 10.0 Å². The molecule has 3 saturated heterocycles. The molecule has 3 heterocycles. The lowest BCUT2D eigenvalue weighted by Gasteiger charge is -2.49. The molecule has 0 atom stereocenters. The van der Waals surface area contributed by atoms with Gasteiger partial charge in [-0.05, 0) is 26.2 Å². The van der Waals surface area contributed by atoms with E-state index in [1.54, 1.807) is 11.2 Å². The first kappa shape index (κ1) is 14.1. The summed E-state index contributed by atoms with van der Waals surface area (Å²) in [6, 6.07) is 0.143. The van der Waals surface area contributed by atoms with Crippen molar-refractivity contribution in [2.45, 2.75) is 26.2 Å². The molecule has 0 aromatic heterocycles. The molecular weight excluding hydrogens is 278 g/mol. The average Bonchev–Trinajstić information content (AvgIpc) is 3.05. The molecule has 0 N–H and O–H groups in total. The normalized spacial score (nSPS) is 26.2. The van der Waals surface area contributed by atoms with Gasteiger partial charge in [0.15, 0.2) is 0 Å². The quantitative estimate of drug-likeness (QED) is 0.749. The summed E-state index contributed by atoms with van der Waals surface area (Å²) >= 11 is 0. The van der Waals surface area contributed by atoms with E-state index < -0.39 is 10.0 Å². The summed E-state index contributed by atoms with van der Waals surface area (Å²) in [5, 5.41) is 0. The van der Waals surface area contributed by atoms with Crippen LogP contribution < -0.4 is 0 Å². The van der Waals surface area contributed by atoms with E-state index in [1.807, 2.05) is 9.80 Å². The number of nitrogens with zero attached hydrogens (tertiary/aromatic N) is 3. The molecule has 3 aliphatic heterocycles. The lowest BCUT2D eigenvalue weighted by molar-refractivity contribution is 0.0302. The molecule has 3 aliphatic rings. The summed E-state index contributed by atoms with van der Waals surface area (Å²) in [5.41, 5.74) is 0.0254. The number of sulfonamides is 1. The lowest BCUT2D eigenvalue weighted by atomic mass is 9.79. The van der Waals surface area contributed by atoms with Crippen LogP contribution in [0.3, 0.4) is 0 Å². The van der Waals surface area contributed by atoms with Crippen LogP contribution in [-0.4, -0.2) is 73.6 Å². The fraction of sp³-hybridized carbons (Fsp3) is 0.923. The Balaban J connectivity index is 1.56. The minimum absolute atomic E-state index is 0.0254. The van der Waals surface area contributed by atoms with Crippen molar-refractivity contribution in [1.29, 1.82) is 0 Å². The van der Waals surface area contributed by atoms with Gasteiger partial charge in [0.05, 0.1) is 5.75 Å². The first-order valence-corrected chi connectivity index (χ1v) is 9.08. The van der Waals surface area contributed by atoms with Gasteiger partial charge in [-0.3, -0.25) is 0 Å². The zero-order valence-electron chi connectivity index (χ0n) is 12.0. The van der Waals surface area contributed by atoms with Gasteiger partial charge in [-0.25, -0.2) is 17.5 Å². The van der Waals surface area contributed by atoms with Crippen molar-refractivity contribution >= 4 is 16.1 Å². The molecule has 0 saturated carbocycles. The van der Waals surface area contributed by atoms with Crippen LogP contribution in [0, 0.1) is 5.41 Å². The van der Waals surface area contributed by atoms with E-state index in [-0.39, 0.29) is 17.2 Å². The summed E-state index contributed by atoms with van der Waals surface area (Å²) in [5.74, 6) is 0.166. The Morgan fingerprint density at radius 1 is 1.05 bits per heavy atom. The molecule has 6 nitrogen and oxygen atoms in total. The van der Waals surface area contributed by atoms with Crippen LogP contribution in [0.1, 0.15) is 26.2 Å². The van der Waals surface area contributed by atoms with Crippen molar-refractivity contribution in [3.05, 3.63) is 0 Å². The zero-order valence-corrected chi connectivity index (χ0v) is 12.9. The summed E-state index contributed by atoms with van der Waals surface area (Å²) in [7, 11) is -3.08. The van der Waals surface area contributed by atoms with Gasteiger partial charge in [0.25, 0.3) is 0 Å². The molecule has 0 unspecified atom stereocenters. The second-order valence-corrected chi connectivity index (χ2v) is 8.57. The van der Waals surface area contributed by atoms with Crippen LogP contribution in [0.5, 0.6) is 0 Å². The van der Waals surface area contributed by atoms with Gasteiger partial charge in [-0.15, -0.1) is 0 Å². The van der Waals surface area contributed by atoms with Gasteiger partial charge in [0.1, 0.15) is 0 Å². The van der Waals surface area contributed by atoms with Crippen molar-refractivity contribution < 1.29 is 13.2 Å². The molecule has 0 aliphatic carbocycles. The summed E-state index contributed by atoms with van der Waals surface area (Å²) < 4.78 is 25.4. The van der Waals surface area contributed by atoms with E-state index >= 15 is 0 Å². The van der Waals surface area contributed by atoms with E-state index in [0.717, 1.165) is 45.4 Å². The van der Waals surface area contributed by atoms with E-state index in [2.05, 4.69) is 0 Å². The molecule has 3 rings (SSSR count). The zero-order chi connectivity index (χ0) is 14.4. The van der Waals surface area contributed by atoms with Gasteiger partial charge in [-0.1, -0.05) is 0 Å². The maximum Gasteiger partial charge on any atom is 0.320 e. The number of urea groups is 1. The Kier molecular flexibility index (Phi) is 3.44. The van der Waals surface area contributed by atoms with E-state index in [0.29, 0.717) is 13.1 Å². The standard InChI is InChI=1S/C13H23N3O3S/c1-2-20(18,19)16-8-5-13(11-16)9-15(10-13)12(17)14-6-3-4-7-14/h2-11H2,1H3. The first-order chi connectivity index (χ1) is 9.46. The Morgan fingerprint density at radius 2 is 1.70 bits per heavy atom. The summed E-state index contributed by atoms with van der Waals surface area (Å²) in [4.78, 5) is 16.0. The third-order valence-electron chi connectivity index (χ3n) is 4.86. The number of carbonyl (C=O) groups excluding carboxylic acids is 1. The second kappa shape index (κ2) is 4.87. The van der Waals surface area contributed by atoms with Crippen molar-refractivity contribution in [2.24, 2.45) is 5.41 Å². The third-order valence-corrected chi connectivity index (χ3v) is 6.69. The highest BCUT2D eigenvalue weighted by Crippen LogP contribution is 2.41. The maximum atomic E-state index is 12.2. The Bertz CT molecular complexity index is 493. The molecule has 0 bridgehead atoms. The third kappa shape index (κ3) is 2.30. The Labute approximate surface area is 120 Å². The van der Waals surface area contributed by atoms with Crippen LogP contribution in [0.15, 0.2) is 0 Å². The number of hydrogen-bond donors (Lipinski definition) is 0. The molecule has 20 heavy (non-hydrogen) atoms. The predicted molar refractivity (Wildman–Crippen MR) is 75.9 cm³/mol. The van der Waals surface area contributed by atoms with Gasteiger partial charge in [-0.2, -0.15) is 0 Å². The summed E-state index contributed by atoms with van der Waals surface area (Å²) in [6.45, 7) is 6.08. The molecule has 0 aromatic rings. The molecule has 0 radical (unpaired) electrons. The minimum atomic E-state index is -3.08. The lowest BCUT2D eigenvalue weighted by Crippen LogP contribution is -2.62. The minimum Gasteiger partial charge on any atom is -0.325 e. The number of rotatable bonds is 2. The van der Waals surface area contributed by atoms with Crippen LogP contribution in [0.25, 0.3) is 0 Å². The van der Waals surface area contributed by atoms with Crippen LogP contribution in [0.2, 0.25) is 0 Å².